The van der Waals surface area contributed by atoms with Crippen molar-refractivity contribution >= 4 is 5.84 Å². The standard InChI is InChI=1S/C9H16F3N3O/c1-6(8(13)14-16)15-4-2-7(3-5-15)9(10,11)12/h6-7,16H,2-5H2,1H3,(H2,13,14). The van der Waals surface area contributed by atoms with E-state index in [-0.39, 0.29) is 24.7 Å². The summed E-state index contributed by atoms with van der Waals surface area (Å²) >= 11 is 0. The summed E-state index contributed by atoms with van der Waals surface area (Å²) in [5.74, 6) is -1.19. The van der Waals surface area contributed by atoms with Crippen molar-refractivity contribution in [2.75, 3.05) is 13.1 Å². The van der Waals surface area contributed by atoms with E-state index in [1.165, 1.54) is 0 Å². The van der Waals surface area contributed by atoms with E-state index in [4.69, 9.17) is 10.9 Å². The molecule has 7 heteroatoms. The van der Waals surface area contributed by atoms with Crippen molar-refractivity contribution in [2.45, 2.75) is 32.0 Å². The van der Waals surface area contributed by atoms with E-state index >= 15 is 0 Å². The molecule has 0 aromatic heterocycles. The number of hydrogen-bond acceptors (Lipinski definition) is 3. The Morgan fingerprint density at radius 2 is 1.94 bits per heavy atom. The molecule has 1 heterocycles. The highest BCUT2D eigenvalue weighted by molar-refractivity contribution is 5.84. The Hall–Kier alpha value is -0.980. The molecule has 1 fully saturated rings. The van der Waals surface area contributed by atoms with Crippen molar-refractivity contribution < 1.29 is 18.4 Å². The van der Waals surface area contributed by atoms with E-state index in [2.05, 4.69) is 5.16 Å². The largest absolute Gasteiger partial charge is 0.409 e. The Balaban J connectivity index is 2.49. The van der Waals surface area contributed by atoms with Crippen LogP contribution < -0.4 is 5.73 Å². The van der Waals surface area contributed by atoms with Crippen LogP contribution in [-0.4, -0.2) is 41.3 Å². The second kappa shape index (κ2) is 4.90. The maximum atomic E-state index is 12.4. The third kappa shape index (κ3) is 3.01. The first-order valence-electron chi connectivity index (χ1n) is 5.14. The van der Waals surface area contributed by atoms with Crippen LogP contribution >= 0.6 is 0 Å². The lowest BCUT2D eigenvalue weighted by molar-refractivity contribution is -0.185. The zero-order chi connectivity index (χ0) is 12.3. The maximum absolute atomic E-state index is 12.4. The number of halogens is 3. The molecule has 3 N–H and O–H groups in total. The molecule has 94 valence electrons. The average Bonchev–Trinajstić information content (AvgIpc) is 2.26. The lowest BCUT2D eigenvalue weighted by atomic mass is 9.95. The summed E-state index contributed by atoms with van der Waals surface area (Å²) in [6.45, 7) is 2.35. The molecule has 1 atom stereocenters. The van der Waals surface area contributed by atoms with E-state index in [0.29, 0.717) is 13.1 Å². The summed E-state index contributed by atoms with van der Waals surface area (Å²) in [5, 5.41) is 11.3. The smallest absolute Gasteiger partial charge is 0.391 e. The first kappa shape index (κ1) is 13.1. The fourth-order valence-corrected chi connectivity index (χ4v) is 1.88. The normalized spacial score (nSPS) is 23.4. The predicted octanol–water partition coefficient (Wildman–Crippen LogP) is 1.40. The Kier molecular flexibility index (Phi) is 4.01. The van der Waals surface area contributed by atoms with Gasteiger partial charge in [-0.05, 0) is 32.9 Å². The summed E-state index contributed by atoms with van der Waals surface area (Å²) in [5.41, 5.74) is 5.40. The van der Waals surface area contributed by atoms with Crippen LogP contribution in [0.15, 0.2) is 5.16 Å². The molecule has 0 aromatic rings. The zero-order valence-corrected chi connectivity index (χ0v) is 9.04. The third-order valence-corrected chi connectivity index (χ3v) is 3.08. The summed E-state index contributed by atoms with van der Waals surface area (Å²) in [6, 6.07) is -0.320. The maximum Gasteiger partial charge on any atom is 0.391 e. The Labute approximate surface area is 91.9 Å². The van der Waals surface area contributed by atoms with Gasteiger partial charge in [-0.1, -0.05) is 5.16 Å². The topological polar surface area (TPSA) is 61.9 Å². The van der Waals surface area contributed by atoms with Gasteiger partial charge >= 0.3 is 6.18 Å². The number of hydrogen-bond donors (Lipinski definition) is 2. The summed E-state index contributed by atoms with van der Waals surface area (Å²) in [7, 11) is 0. The summed E-state index contributed by atoms with van der Waals surface area (Å²) < 4.78 is 37.2. The predicted molar refractivity (Wildman–Crippen MR) is 53.2 cm³/mol. The number of alkyl halides is 3. The highest BCUT2D eigenvalue weighted by atomic mass is 19.4. The van der Waals surface area contributed by atoms with E-state index in [1.807, 2.05) is 0 Å². The molecule has 16 heavy (non-hydrogen) atoms. The average molecular weight is 239 g/mol. The van der Waals surface area contributed by atoms with Crippen LogP contribution in [0.25, 0.3) is 0 Å². The van der Waals surface area contributed by atoms with Crippen LogP contribution in [0.3, 0.4) is 0 Å². The molecule has 1 unspecified atom stereocenters. The molecular weight excluding hydrogens is 223 g/mol. The van der Waals surface area contributed by atoms with Gasteiger partial charge in [0, 0.05) is 0 Å². The number of likely N-dealkylation sites (tertiary alicyclic amines) is 1. The number of oxime groups is 1. The van der Waals surface area contributed by atoms with E-state index in [0.717, 1.165) is 0 Å². The van der Waals surface area contributed by atoms with E-state index in [1.54, 1.807) is 11.8 Å². The van der Waals surface area contributed by atoms with Crippen molar-refractivity contribution in [3.05, 3.63) is 0 Å². The second-order valence-electron chi connectivity index (χ2n) is 4.05. The van der Waals surface area contributed by atoms with Gasteiger partial charge in [-0.25, -0.2) is 0 Å². The molecule has 1 aliphatic rings. The van der Waals surface area contributed by atoms with Gasteiger partial charge in [0.15, 0.2) is 5.84 Å². The molecular formula is C9H16F3N3O. The first-order chi connectivity index (χ1) is 7.36. The molecule has 0 spiro atoms. The van der Waals surface area contributed by atoms with Gasteiger partial charge in [0.1, 0.15) is 0 Å². The number of piperidine rings is 1. The van der Waals surface area contributed by atoms with Crippen LogP contribution in [0, 0.1) is 5.92 Å². The molecule has 4 nitrogen and oxygen atoms in total. The van der Waals surface area contributed by atoms with Crippen LogP contribution in [0.1, 0.15) is 19.8 Å². The van der Waals surface area contributed by atoms with Crippen molar-refractivity contribution in [1.82, 2.24) is 4.90 Å². The van der Waals surface area contributed by atoms with Crippen LogP contribution in [0.5, 0.6) is 0 Å². The number of nitrogens with zero attached hydrogens (tertiary/aromatic N) is 2. The molecule has 1 rings (SSSR count). The second-order valence-corrected chi connectivity index (χ2v) is 4.05. The summed E-state index contributed by atoms with van der Waals surface area (Å²) in [6.07, 6.45) is -3.95. The minimum absolute atomic E-state index is 0.0328. The molecule has 0 aromatic carbocycles. The SMILES string of the molecule is CC(C(N)=NO)N1CCC(C(F)(F)F)CC1. The molecule has 0 amide bonds. The lowest BCUT2D eigenvalue weighted by Crippen LogP contribution is -2.48. The van der Waals surface area contributed by atoms with E-state index < -0.39 is 12.1 Å². The fourth-order valence-electron chi connectivity index (χ4n) is 1.88. The molecule has 1 saturated heterocycles. The number of amidine groups is 1. The van der Waals surface area contributed by atoms with Crippen molar-refractivity contribution in [2.24, 2.45) is 16.8 Å². The highest BCUT2D eigenvalue weighted by Gasteiger charge is 2.41. The van der Waals surface area contributed by atoms with Gasteiger partial charge in [0.2, 0.25) is 0 Å². The monoisotopic (exact) mass is 239 g/mol. The van der Waals surface area contributed by atoms with Crippen molar-refractivity contribution in [1.29, 1.82) is 0 Å². The lowest BCUT2D eigenvalue weighted by Gasteiger charge is -2.35. The number of nitrogens with two attached hydrogens (primary N) is 1. The number of rotatable bonds is 2. The molecule has 0 aliphatic carbocycles. The molecule has 0 radical (unpaired) electrons. The van der Waals surface area contributed by atoms with Gasteiger partial charge < -0.3 is 10.9 Å². The minimum atomic E-state index is -4.11. The van der Waals surface area contributed by atoms with Gasteiger partial charge in [-0.2, -0.15) is 13.2 Å². The van der Waals surface area contributed by atoms with Gasteiger partial charge in [0.25, 0.3) is 0 Å². The zero-order valence-electron chi connectivity index (χ0n) is 9.04. The van der Waals surface area contributed by atoms with Gasteiger partial charge in [-0.3, -0.25) is 4.90 Å². The quantitative estimate of drug-likeness (QED) is 0.331. The van der Waals surface area contributed by atoms with Crippen LogP contribution in [0.2, 0.25) is 0 Å². The van der Waals surface area contributed by atoms with Crippen molar-refractivity contribution in [3.8, 4) is 0 Å². The van der Waals surface area contributed by atoms with E-state index in [9.17, 15) is 13.2 Å². The molecule has 0 bridgehead atoms. The van der Waals surface area contributed by atoms with Gasteiger partial charge in [-0.15, -0.1) is 0 Å². The van der Waals surface area contributed by atoms with Crippen LogP contribution in [-0.2, 0) is 0 Å². The Morgan fingerprint density at radius 1 is 1.44 bits per heavy atom. The highest BCUT2D eigenvalue weighted by Crippen LogP contribution is 2.34. The Bertz CT molecular complexity index is 259. The minimum Gasteiger partial charge on any atom is -0.409 e. The third-order valence-electron chi connectivity index (χ3n) is 3.08. The summed E-state index contributed by atoms with van der Waals surface area (Å²) in [4.78, 5) is 1.79. The van der Waals surface area contributed by atoms with Crippen molar-refractivity contribution in [3.63, 3.8) is 0 Å². The Morgan fingerprint density at radius 3 is 2.31 bits per heavy atom. The fraction of sp³-hybridized carbons (Fsp3) is 0.889. The molecule has 1 aliphatic heterocycles. The van der Waals surface area contributed by atoms with Crippen LogP contribution in [0.4, 0.5) is 13.2 Å². The first-order valence-corrected chi connectivity index (χ1v) is 5.14. The molecule has 0 saturated carbocycles. The van der Waals surface area contributed by atoms with Gasteiger partial charge in [0.05, 0.1) is 12.0 Å².